The van der Waals surface area contributed by atoms with Gasteiger partial charge in [0.1, 0.15) is 12.1 Å². The lowest BCUT2D eigenvalue weighted by Gasteiger charge is -2.06. The molecule has 2 amide bonds. The number of guanidine groups is 2. The fourth-order valence-corrected chi connectivity index (χ4v) is 2.19. The molecule has 0 bridgehead atoms. The van der Waals surface area contributed by atoms with Crippen molar-refractivity contribution in [3.63, 3.8) is 0 Å². The van der Waals surface area contributed by atoms with Crippen LogP contribution in [0.3, 0.4) is 0 Å². The van der Waals surface area contributed by atoms with E-state index >= 15 is 0 Å². The first-order valence-electron chi connectivity index (χ1n) is 10.6. The minimum absolute atomic E-state index is 0.0995. The number of rotatable bonds is 8. The summed E-state index contributed by atoms with van der Waals surface area (Å²) in [6, 6.07) is 7.72. The van der Waals surface area contributed by atoms with Crippen molar-refractivity contribution in [3.8, 4) is 0 Å². The molecular weight excluding hydrogens is 474 g/mol. The highest BCUT2D eigenvalue weighted by Crippen LogP contribution is 2.01. The second-order valence-corrected chi connectivity index (χ2v) is 7.43. The molecule has 0 spiro atoms. The molecule has 0 aliphatic carbocycles. The molecule has 202 valence electrons. The van der Waals surface area contributed by atoms with Crippen LogP contribution in [-0.4, -0.2) is 83.0 Å². The fourth-order valence-electron chi connectivity index (χ4n) is 2.19. The standard InChI is InChI=1S/C9H11NO2.C6H14N4O2.C4H7N3O.C2H5NO/c10-8(9(11)12)6-7-4-2-1-3-5-7;7-4(5(11)12)2-1-3-10-6(8)9;1-7-2-3(8)6-4(7)5;1-2(3)4/h1-5,8H,6,10H2,(H,11,12);4H,1-3,7H2,(H,11,12)(H4,8,9,10);2H2,1H3,(H2,5,6,8);1H3,(H2,3,4)/t8-;4-;;/m00../s1. The van der Waals surface area contributed by atoms with Gasteiger partial charge in [-0.15, -0.1) is 0 Å². The number of aliphatic carboxylic acids is 2. The van der Waals surface area contributed by atoms with Crippen molar-refractivity contribution in [2.24, 2.45) is 22.9 Å². The minimum Gasteiger partial charge on any atom is -0.480 e. The molecule has 1 saturated heterocycles. The van der Waals surface area contributed by atoms with Crippen molar-refractivity contribution in [3.05, 3.63) is 35.9 Å². The molecule has 1 aromatic rings. The lowest BCUT2D eigenvalue weighted by Crippen LogP contribution is -2.34. The van der Waals surface area contributed by atoms with Crippen molar-refractivity contribution in [1.29, 1.82) is 10.8 Å². The maximum absolute atomic E-state index is 10.4. The Morgan fingerprint density at radius 1 is 1.11 bits per heavy atom. The summed E-state index contributed by atoms with van der Waals surface area (Å²) in [4.78, 5) is 41.7. The molecule has 1 fully saturated rings. The third-order valence-corrected chi connectivity index (χ3v) is 3.96. The molecular formula is C21H37N9O6. The van der Waals surface area contributed by atoms with Crippen LogP contribution in [-0.2, 0) is 25.6 Å². The van der Waals surface area contributed by atoms with Crippen molar-refractivity contribution in [2.45, 2.75) is 38.3 Å². The number of nitrogens with two attached hydrogens (primary N) is 4. The summed E-state index contributed by atoms with van der Waals surface area (Å²) in [5.74, 6) is -2.32. The average Bonchev–Trinajstić information content (AvgIpc) is 3.06. The van der Waals surface area contributed by atoms with E-state index in [4.69, 9.17) is 38.2 Å². The number of hydrogen-bond acceptors (Lipinski definition) is 8. The van der Waals surface area contributed by atoms with Crippen molar-refractivity contribution >= 4 is 35.7 Å². The first-order valence-corrected chi connectivity index (χ1v) is 10.6. The van der Waals surface area contributed by atoms with Gasteiger partial charge in [-0.2, -0.15) is 0 Å². The zero-order valence-electron chi connectivity index (χ0n) is 20.4. The lowest BCUT2D eigenvalue weighted by molar-refractivity contribution is -0.139. The van der Waals surface area contributed by atoms with Gasteiger partial charge in [-0.25, -0.2) is 0 Å². The van der Waals surface area contributed by atoms with Gasteiger partial charge in [0.2, 0.25) is 11.8 Å². The summed E-state index contributed by atoms with van der Waals surface area (Å²) in [6.07, 6.45) is 1.36. The van der Waals surface area contributed by atoms with Crippen molar-refractivity contribution in [1.82, 2.24) is 15.5 Å². The molecule has 2 atom stereocenters. The molecule has 15 nitrogen and oxygen atoms in total. The Kier molecular flexibility index (Phi) is 18.0. The second-order valence-electron chi connectivity index (χ2n) is 7.43. The van der Waals surface area contributed by atoms with E-state index in [2.05, 4.69) is 16.4 Å². The number of carbonyl (C=O) groups is 4. The number of likely N-dealkylation sites (N-methyl/N-ethyl adjacent to an activating group) is 1. The Morgan fingerprint density at radius 2 is 1.61 bits per heavy atom. The van der Waals surface area contributed by atoms with Crippen LogP contribution in [0.1, 0.15) is 25.3 Å². The Bertz CT molecular complexity index is 863. The number of hydrogen-bond donors (Lipinski definition) is 10. The minimum atomic E-state index is -1.00. The van der Waals surface area contributed by atoms with Gasteiger partial charge in [0, 0.05) is 20.5 Å². The number of nitrogens with one attached hydrogen (secondary N) is 4. The fraction of sp³-hybridized carbons (Fsp3) is 0.429. The first kappa shape index (κ1) is 33.9. The molecule has 1 aliphatic rings. The van der Waals surface area contributed by atoms with E-state index in [1.807, 2.05) is 30.3 Å². The average molecular weight is 512 g/mol. The number of carboxylic acid groups (broad SMARTS) is 2. The molecule has 14 N–H and O–H groups in total. The predicted octanol–water partition coefficient (Wildman–Crippen LogP) is -2.22. The van der Waals surface area contributed by atoms with E-state index in [9.17, 15) is 19.2 Å². The Hall–Kier alpha value is -4.24. The van der Waals surface area contributed by atoms with Crippen LogP contribution in [0.4, 0.5) is 0 Å². The normalized spacial score (nSPS) is 13.2. The van der Waals surface area contributed by atoms with Crippen LogP contribution in [0.2, 0.25) is 0 Å². The van der Waals surface area contributed by atoms with Crippen LogP contribution in [0.15, 0.2) is 30.3 Å². The van der Waals surface area contributed by atoms with Crippen LogP contribution in [0.25, 0.3) is 0 Å². The molecule has 1 heterocycles. The zero-order valence-corrected chi connectivity index (χ0v) is 20.4. The second kappa shape index (κ2) is 19.1. The van der Waals surface area contributed by atoms with E-state index in [1.54, 1.807) is 11.9 Å². The predicted molar refractivity (Wildman–Crippen MR) is 134 cm³/mol. The highest BCUT2D eigenvalue weighted by atomic mass is 16.4. The summed E-state index contributed by atoms with van der Waals surface area (Å²) in [6.45, 7) is 2.11. The largest absolute Gasteiger partial charge is 0.480 e. The van der Waals surface area contributed by atoms with E-state index in [0.29, 0.717) is 32.4 Å². The van der Waals surface area contributed by atoms with Crippen molar-refractivity contribution in [2.75, 3.05) is 20.1 Å². The van der Waals surface area contributed by atoms with Crippen molar-refractivity contribution < 1.29 is 29.4 Å². The number of nitrogens with zero attached hydrogens (tertiary/aromatic N) is 1. The molecule has 36 heavy (non-hydrogen) atoms. The monoisotopic (exact) mass is 511 g/mol. The topological polar surface area (TPSA) is 288 Å². The number of amides is 2. The van der Waals surface area contributed by atoms with E-state index in [1.165, 1.54) is 6.92 Å². The summed E-state index contributed by atoms with van der Waals surface area (Å²) in [5, 5.41) is 35.5. The quantitative estimate of drug-likeness (QED) is 0.101. The smallest absolute Gasteiger partial charge is 0.320 e. The first-order chi connectivity index (χ1) is 16.7. The van der Waals surface area contributed by atoms with Crippen LogP contribution in [0.5, 0.6) is 0 Å². The van der Waals surface area contributed by atoms with Crippen LogP contribution < -0.4 is 33.6 Å². The maximum atomic E-state index is 10.4. The van der Waals surface area contributed by atoms with Gasteiger partial charge >= 0.3 is 11.9 Å². The molecule has 1 aliphatic heterocycles. The molecule has 1 aromatic carbocycles. The van der Waals surface area contributed by atoms with Crippen LogP contribution >= 0.6 is 0 Å². The molecule has 2 rings (SSSR count). The molecule has 0 radical (unpaired) electrons. The third-order valence-electron chi connectivity index (χ3n) is 3.96. The van der Waals surface area contributed by atoms with Gasteiger partial charge in [0.25, 0.3) is 0 Å². The number of carbonyl (C=O) groups excluding carboxylic acids is 2. The van der Waals surface area contributed by atoms with Gasteiger partial charge in [-0.05, 0) is 24.8 Å². The number of carboxylic acids is 2. The van der Waals surface area contributed by atoms with Gasteiger partial charge < -0.3 is 43.4 Å². The van der Waals surface area contributed by atoms with Crippen LogP contribution in [0, 0.1) is 10.8 Å². The van der Waals surface area contributed by atoms with Gasteiger partial charge in [0.05, 0.1) is 6.54 Å². The Labute approximate surface area is 209 Å². The van der Waals surface area contributed by atoms with E-state index in [0.717, 1.165) is 5.56 Å². The Morgan fingerprint density at radius 3 is 1.94 bits per heavy atom. The number of benzene rings is 1. The molecule has 0 saturated carbocycles. The zero-order chi connectivity index (χ0) is 28.3. The third kappa shape index (κ3) is 20.4. The molecule has 0 aromatic heterocycles. The van der Waals surface area contributed by atoms with Gasteiger partial charge in [-0.1, -0.05) is 30.3 Å². The van der Waals surface area contributed by atoms with E-state index in [-0.39, 0.29) is 23.7 Å². The van der Waals surface area contributed by atoms with E-state index < -0.39 is 24.0 Å². The lowest BCUT2D eigenvalue weighted by atomic mass is 10.1. The summed E-state index contributed by atoms with van der Waals surface area (Å²) >= 11 is 0. The summed E-state index contributed by atoms with van der Waals surface area (Å²) < 4.78 is 0. The summed E-state index contributed by atoms with van der Waals surface area (Å²) in [5.41, 5.74) is 21.0. The highest BCUT2D eigenvalue weighted by Gasteiger charge is 2.18. The van der Waals surface area contributed by atoms with Gasteiger partial charge in [0.15, 0.2) is 11.9 Å². The summed E-state index contributed by atoms with van der Waals surface area (Å²) in [7, 11) is 1.69. The molecule has 15 heteroatoms. The highest BCUT2D eigenvalue weighted by molar-refractivity contribution is 6.02. The molecule has 0 unspecified atom stereocenters. The Balaban J connectivity index is 0. The number of primary amides is 1. The van der Waals surface area contributed by atoms with Gasteiger partial charge in [-0.3, -0.25) is 35.3 Å². The SMILES string of the molecule is CC(N)=O.CN1CC(=O)NC1=N.N=C(N)NCCC[C@H](N)C(=O)O.N[C@@H](Cc1ccccc1)C(=O)O. The maximum Gasteiger partial charge on any atom is 0.320 e.